The van der Waals surface area contributed by atoms with Gasteiger partial charge in [-0.3, -0.25) is 0 Å². The number of hydrogen-bond donors (Lipinski definition) is 0. The van der Waals surface area contributed by atoms with E-state index in [0.717, 1.165) is 17.8 Å². The molecule has 2 saturated carbocycles. The molecule has 3 aromatic rings. The number of rotatable bonds is 2. The first-order valence-electron chi connectivity index (χ1n) is 10.5. The predicted molar refractivity (Wildman–Crippen MR) is 108 cm³/mol. The van der Waals surface area contributed by atoms with Gasteiger partial charge in [0.1, 0.15) is 7.05 Å². The van der Waals surface area contributed by atoms with Crippen LogP contribution in [0, 0.1) is 25.7 Å². The largest absolute Gasteiger partial charge is 0.220 e. The van der Waals surface area contributed by atoms with E-state index in [1.807, 2.05) is 12.1 Å². The third-order valence-corrected chi connectivity index (χ3v) is 7.11. The lowest BCUT2D eigenvalue weighted by atomic mass is 9.82. The van der Waals surface area contributed by atoms with E-state index in [0.29, 0.717) is 6.04 Å². The monoisotopic (exact) mass is 343 g/mol. The van der Waals surface area contributed by atoms with E-state index in [4.69, 9.17) is 1.37 Å². The van der Waals surface area contributed by atoms with Crippen molar-refractivity contribution < 1.29 is 5.94 Å². The van der Waals surface area contributed by atoms with Crippen LogP contribution in [0.2, 0.25) is 0 Å². The van der Waals surface area contributed by atoms with E-state index < -0.39 is 0 Å². The Hall–Kier alpha value is -2.15. The summed E-state index contributed by atoms with van der Waals surface area (Å²) in [6.45, 7) is 4.28. The number of fused-ring (bicyclic) bond motifs is 3. The number of pyridine rings is 1. The molecule has 3 unspecified atom stereocenters. The Labute approximate surface area is 158 Å². The molecular formula is C25H28N+. The smallest absolute Gasteiger partial charge is 0.200 e. The van der Waals surface area contributed by atoms with Crippen molar-refractivity contribution in [2.24, 2.45) is 18.9 Å². The lowest BCUT2D eigenvalue weighted by molar-refractivity contribution is -0.659. The van der Waals surface area contributed by atoms with E-state index in [2.05, 4.69) is 55.9 Å². The Morgan fingerprint density at radius 3 is 2.69 bits per heavy atom. The maximum Gasteiger partial charge on any atom is 0.220 e. The summed E-state index contributed by atoms with van der Waals surface area (Å²) in [4.78, 5) is 0. The first-order valence-corrected chi connectivity index (χ1v) is 10.0. The minimum absolute atomic E-state index is 0.587. The topological polar surface area (TPSA) is 3.88 Å². The normalized spacial score (nSPS) is 25.0. The third kappa shape index (κ3) is 2.40. The second kappa shape index (κ2) is 5.94. The molecule has 1 heteroatoms. The van der Waals surface area contributed by atoms with Crippen molar-refractivity contribution in [1.82, 2.24) is 0 Å². The van der Waals surface area contributed by atoms with Crippen molar-refractivity contribution in [3.8, 4) is 11.3 Å². The first kappa shape index (κ1) is 15.0. The predicted octanol–water partition coefficient (Wildman–Crippen LogP) is 5.85. The lowest BCUT2D eigenvalue weighted by Gasteiger charge is -2.22. The summed E-state index contributed by atoms with van der Waals surface area (Å²) < 4.78 is 10.4. The van der Waals surface area contributed by atoms with Crippen molar-refractivity contribution in [2.75, 3.05) is 0 Å². The fraction of sp³-hybridized carbons (Fsp3) is 0.400. The molecule has 2 fully saturated rings. The van der Waals surface area contributed by atoms with E-state index >= 15 is 0 Å². The highest BCUT2D eigenvalue weighted by atomic mass is 14.9. The molecule has 0 N–H and O–H groups in total. The van der Waals surface area contributed by atoms with Gasteiger partial charge in [0.15, 0.2) is 6.20 Å². The molecule has 0 spiro atoms. The molecule has 2 bridgehead atoms. The standard InChI is InChI=1S/C25H28N/c1-16-5-4-6-22(17(16)2)25-23-10-9-20(15-21(23)11-12-26(25)3)24-14-18-7-8-19(24)13-18/h4-6,9-12,15,18-19,24H,7-8,13-14H2,1-3H3/q+1/i4D. The SMILES string of the molecule is [2H]c1cc(C)c(C)c(-c2c3ccc(C4CC5CCC4C5)cc3cc[n+]2C)c1. The molecule has 0 radical (unpaired) electrons. The summed E-state index contributed by atoms with van der Waals surface area (Å²) in [5.74, 6) is 2.66. The molecule has 2 aliphatic rings. The van der Waals surface area contributed by atoms with Gasteiger partial charge in [-0.05, 0) is 85.1 Å². The van der Waals surface area contributed by atoms with Crippen LogP contribution in [0.1, 0.15) is 49.7 Å². The zero-order valence-electron chi connectivity index (χ0n) is 17.0. The molecule has 1 nitrogen and oxygen atoms in total. The Balaban J connectivity index is 1.67. The summed E-state index contributed by atoms with van der Waals surface area (Å²) in [5, 5.41) is 2.62. The highest BCUT2D eigenvalue weighted by Gasteiger charge is 2.40. The first-order chi connectivity index (χ1) is 13.0. The molecule has 0 aliphatic heterocycles. The van der Waals surface area contributed by atoms with Gasteiger partial charge in [0.05, 0.1) is 6.76 Å². The van der Waals surface area contributed by atoms with E-state index in [1.54, 1.807) is 0 Å². The zero-order valence-corrected chi connectivity index (χ0v) is 16.0. The summed E-state index contributed by atoms with van der Waals surface area (Å²) in [6.07, 6.45) is 7.90. The van der Waals surface area contributed by atoms with Crippen molar-refractivity contribution in [2.45, 2.75) is 45.4 Å². The van der Waals surface area contributed by atoms with E-state index in [9.17, 15) is 0 Å². The Morgan fingerprint density at radius 1 is 1.04 bits per heavy atom. The zero-order chi connectivity index (χ0) is 18.7. The van der Waals surface area contributed by atoms with Crippen molar-refractivity contribution in [3.63, 3.8) is 0 Å². The van der Waals surface area contributed by atoms with Gasteiger partial charge in [-0.25, -0.2) is 4.57 Å². The molecule has 2 aromatic carbocycles. The molecule has 3 atom stereocenters. The molecule has 0 amide bonds. The number of hydrogen-bond acceptors (Lipinski definition) is 0. The molecule has 132 valence electrons. The minimum Gasteiger partial charge on any atom is -0.200 e. The van der Waals surface area contributed by atoms with Crippen LogP contribution < -0.4 is 4.57 Å². The summed E-state index contributed by atoms with van der Waals surface area (Å²) in [7, 11) is 2.12. The maximum atomic E-state index is 8.19. The second-order valence-electron chi connectivity index (χ2n) is 8.58. The fourth-order valence-corrected chi connectivity index (χ4v) is 5.53. The Morgan fingerprint density at radius 2 is 1.92 bits per heavy atom. The highest BCUT2D eigenvalue weighted by molar-refractivity contribution is 5.94. The van der Waals surface area contributed by atoms with Crippen LogP contribution >= 0.6 is 0 Å². The van der Waals surface area contributed by atoms with Gasteiger partial charge in [0, 0.05) is 11.6 Å². The van der Waals surface area contributed by atoms with Crippen LogP contribution in [0.15, 0.2) is 48.6 Å². The summed E-state index contributed by atoms with van der Waals surface area (Å²) in [5.41, 5.74) is 6.40. The third-order valence-electron chi connectivity index (χ3n) is 7.11. The van der Waals surface area contributed by atoms with Gasteiger partial charge >= 0.3 is 0 Å². The van der Waals surface area contributed by atoms with Crippen LogP contribution in [-0.4, -0.2) is 0 Å². The number of aryl methyl sites for hydroxylation is 2. The fourth-order valence-electron chi connectivity index (χ4n) is 5.53. The van der Waals surface area contributed by atoms with Gasteiger partial charge in [-0.2, -0.15) is 0 Å². The molecule has 26 heavy (non-hydrogen) atoms. The van der Waals surface area contributed by atoms with Crippen LogP contribution in [-0.2, 0) is 7.05 Å². The van der Waals surface area contributed by atoms with E-state index in [-0.39, 0.29) is 0 Å². The van der Waals surface area contributed by atoms with Gasteiger partial charge in [-0.1, -0.05) is 30.7 Å². The second-order valence-corrected chi connectivity index (χ2v) is 8.58. The van der Waals surface area contributed by atoms with Crippen molar-refractivity contribution in [3.05, 3.63) is 65.3 Å². The lowest BCUT2D eigenvalue weighted by Crippen LogP contribution is -2.30. The van der Waals surface area contributed by atoms with Crippen LogP contribution in [0.25, 0.3) is 22.0 Å². The summed E-state index contributed by atoms with van der Waals surface area (Å²) in [6, 6.07) is 14.0. The number of aromatic nitrogens is 1. The minimum atomic E-state index is 0.587. The molecule has 5 rings (SSSR count). The molecule has 1 heterocycles. The van der Waals surface area contributed by atoms with Gasteiger partial charge < -0.3 is 0 Å². The average molecular weight is 344 g/mol. The molecular weight excluding hydrogens is 314 g/mol. The summed E-state index contributed by atoms with van der Waals surface area (Å²) >= 11 is 0. The van der Waals surface area contributed by atoms with E-state index in [1.165, 1.54) is 64.4 Å². The number of benzene rings is 2. The highest BCUT2D eigenvalue weighted by Crippen LogP contribution is 2.53. The average Bonchev–Trinajstić information content (AvgIpc) is 3.28. The van der Waals surface area contributed by atoms with Gasteiger partial charge in [0.25, 0.3) is 0 Å². The van der Waals surface area contributed by atoms with Crippen LogP contribution in [0.4, 0.5) is 0 Å². The van der Waals surface area contributed by atoms with Gasteiger partial charge in [0.2, 0.25) is 5.69 Å². The van der Waals surface area contributed by atoms with Crippen LogP contribution in [0.5, 0.6) is 0 Å². The maximum absolute atomic E-state index is 8.19. The molecule has 0 saturated heterocycles. The number of nitrogens with zero attached hydrogens (tertiary/aromatic N) is 1. The van der Waals surface area contributed by atoms with Crippen molar-refractivity contribution in [1.29, 1.82) is 0 Å². The van der Waals surface area contributed by atoms with Crippen molar-refractivity contribution >= 4 is 10.8 Å². The van der Waals surface area contributed by atoms with Crippen LogP contribution in [0.3, 0.4) is 0 Å². The Kier molecular flexibility index (Phi) is 3.42. The molecule has 1 aromatic heterocycles. The molecule has 2 aliphatic carbocycles. The quantitative estimate of drug-likeness (QED) is 0.514. The van der Waals surface area contributed by atoms with Gasteiger partial charge in [-0.15, -0.1) is 0 Å². The Bertz CT molecular complexity index is 1050.